The molecule has 0 aliphatic rings. The van der Waals surface area contributed by atoms with Gasteiger partial charge >= 0.3 is 0 Å². The molecule has 5 nitrogen and oxygen atoms in total. The van der Waals surface area contributed by atoms with Crippen LogP contribution >= 0.6 is 0 Å². The molecular formula is C57H35N5. The lowest BCUT2D eigenvalue weighted by Gasteiger charge is -2.13. The second-order valence-electron chi connectivity index (χ2n) is 16.1. The number of hydrogen-bond donors (Lipinski definition) is 0. The Morgan fingerprint density at radius 2 is 0.790 bits per heavy atom. The first-order valence-corrected chi connectivity index (χ1v) is 21.0. The third kappa shape index (κ3) is 5.38. The summed E-state index contributed by atoms with van der Waals surface area (Å²) in [6.07, 6.45) is 0. The van der Waals surface area contributed by atoms with Gasteiger partial charge in [-0.2, -0.15) is 0 Å². The number of para-hydroxylation sites is 2. The van der Waals surface area contributed by atoms with Crippen molar-refractivity contribution >= 4 is 75.9 Å². The van der Waals surface area contributed by atoms with E-state index in [0.717, 1.165) is 44.2 Å². The third-order valence-electron chi connectivity index (χ3n) is 12.5. The minimum absolute atomic E-state index is 0.639. The van der Waals surface area contributed by atoms with Crippen molar-refractivity contribution in [2.24, 2.45) is 0 Å². The topological polar surface area (TPSA) is 48.5 Å². The number of aromatic nitrogens is 5. The molecule has 3 aromatic heterocycles. The molecule has 0 bridgehead atoms. The summed E-state index contributed by atoms with van der Waals surface area (Å²) in [7, 11) is 0. The highest BCUT2D eigenvalue weighted by atomic mass is 15.0. The highest BCUT2D eigenvalue weighted by molar-refractivity contribution is 6.23. The third-order valence-corrected chi connectivity index (χ3v) is 12.5. The molecule has 0 aliphatic heterocycles. The second kappa shape index (κ2) is 13.6. The molecule has 0 fully saturated rings. The highest BCUT2D eigenvalue weighted by Gasteiger charge is 2.20. The molecule has 10 aromatic carbocycles. The first-order chi connectivity index (χ1) is 30.7. The Labute approximate surface area is 356 Å². The maximum Gasteiger partial charge on any atom is 0.164 e. The Bertz CT molecular complexity index is 3920. The fourth-order valence-corrected chi connectivity index (χ4v) is 9.55. The lowest BCUT2D eigenvalue weighted by atomic mass is 10.0. The van der Waals surface area contributed by atoms with Crippen LogP contribution in [0, 0.1) is 0 Å². The lowest BCUT2D eigenvalue weighted by Crippen LogP contribution is -2.00. The van der Waals surface area contributed by atoms with Gasteiger partial charge in [0.05, 0.1) is 22.1 Å². The molecule has 0 N–H and O–H groups in total. The number of rotatable bonds is 5. The zero-order valence-corrected chi connectivity index (χ0v) is 33.4. The van der Waals surface area contributed by atoms with Gasteiger partial charge in [0, 0.05) is 55.0 Å². The summed E-state index contributed by atoms with van der Waals surface area (Å²) in [6, 6.07) is 75.9. The summed E-state index contributed by atoms with van der Waals surface area (Å²) in [5.74, 6) is 1.93. The number of hydrogen-bond acceptors (Lipinski definition) is 3. The standard InChI is InChI=1S/C57H35N5/c1-3-15-38(16-4-1)55-58-56(42-25-23-36-13-7-8-17-39(36)31-42)60-57(59-55)43-26-24-41-33-45(29-27-40(41)32-43)62-53-35-52-49(34-50(53)48-30-28-37-14-9-10-20-46(37)54(48)62)47-21-11-12-22-51(47)61(52)44-18-5-2-6-19-44/h1-35H. The molecule has 3 heterocycles. The van der Waals surface area contributed by atoms with Gasteiger partial charge in [0.15, 0.2) is 17.5 Å². The van der Waals surface area contributed by atoms with E-state index in [1.54, 1.807) is 0 Å². The van der Waals surface area contributed by atoms with Gasteiger partial charge in [0.2, 0.25) is 0 Å². The second-order valence-corrected chi connectivity index (χ2v) is 16.1. The van der Waals surface area contributed by atoms with Crippen molar-refractivity contribution < 1.29 is 0 Å². The molecule has 0 aliphatic carbocycles. The van der Waals surface area contributed by atoms with Crippen molar-refractivity contribution in [2.45, 2.75) is 0 Å². The number of nitrogens with zero attached hydrogens (tertiary/aromatic N) is 5. The Morgan fingerprint density at radius 3 is 1.56 bits per heavy atom. The van der Waals surface area contributed by atoms with Gasteiger partial charge in [-0.3, -0.25) is 0 Å². The summed E-state index contributed by atoms with van der Waals surface area (Å²) in [4.78, 5) is 15.2. The van der Waals surface area contributed by atoms with E-state index in [1.165, 1.54) is 59.8 Å². The minimum atomic E-state index is 0.639. The van der Waals surface area contributed by atoms with E-state index in [1.807, 2.05) is 18.2 Å². The van der Waals surface area contributed by atoms with Gasteiger partial charge in [-0.15, -0.1) is 0 Å². The predicted octanol–water partition coefficient (Wildman–Crippen LogP) is 14.5. The van der Waals surface area contributed by atoms with Crippen molar-refractivity contribution in [2.75, 3.05) is 0 Å². The van der Waals surface area contributed by atoms with Crippen LogP contribution in [0.25, 0.3) is 121 Å². The lowest BCUT2D eigenvalue weighted by molar-refractivity contribution is 1.07. The maximum atomic E-state index is 5.11. The van der Waals surface area contributed by atoms with Gasteiger partial charge < -0.3 is 9.13 Å². The smallest absolute Gasteiger partial charge is 0.164 e. The largest absolute Gasteiger partial charge is 0.309 e. The van der Waals surface area contributed by atoms with Crippen molar-refractivity contribution in [3.63, 3.8) is 0 Å². The van der Waals surface area contributed by atoms with E-state index in [2.05, 4.69) is 203 Å². The van der Waals surface area contributed by atoms with Gasteiger partial charge in [0.25, 0.3) is 0 Å². The van der Waals surface area contributed by atoms with E-state index in [0.29, 0.717) is 17.5 Å². The van der Waals surface area contributed by atoms with E-state index < -0.39 is 0 Å². The molecule has 13 aromatic rings. The van der Waals surface area contributed by atoms with Gasteiger partial charge in [0.1, 0.15) is 0 Å². The zero-order valence-electron chi connectivity index (χ0n) is 33.4. The summed E-state index contributed by atoms with van der Waals surface area (Å²) < 4.78 is 4.88. The Balaban J connectivity index is 1.01. The molecular weight excluding hydrogens is 755 g/mol. The SMILES string of the molecule is c1ccc(-c2nc(-c3ccc4ccccc4c3)nc(-c3ccc4cc(-n5c6cc7c(cc6c6ccc8ccccc8c65)c5ccccc5n7-c5ccccc5)ccc4c3)n2)cc1. The molecule has 0 unspecified atom stereocenters. The Kier molecular flexibility index (Phi) is 7.54. The van der Waals surface area contributed by atoms with Crippen LogP contribution < -0.4 is 0 Å². The molecule has 0 saturated heterocycles. The Morgan fingerprint density at radius 1 is 0.258 bits per heavy atom. The average Bonchev–Trinajstić information content (AvgIpc) is 3.85. The van der Waals surface area contributed by atoms with Crippen LogP contribution in [0.4, 0.5) is 0 Å². The van der Waals surface area contributed by atoms with Crippen LogP contribution in [0.5, 0.6) is 0 Å². The van der Waals surface area contributed by atoms with Crippen LogP contribution in [0.1, 0.15) is 0 Å². The molecule has 0 radical (unpaired) electrons. The quantitative estimate of drug-likeness (QED) is 0.174. The van der Waals surface area contributed by atoms with Crippen molar-refractivity contribution in [1.29, 1.82) is 0 Å². The van der Waals surface area contributed by atoms with Crippen LogP contribution in [-0.4, -0.2) is 24.1 Å². The molecule has 0 amide bonds. The van der Waals surface area contributed by atoms with E-state index >= 15 is 0 Å². The maximum absolute atomic E-state index is 5.11. The molecule has 0 atom stereocenters. The molecule has 288 valence electrons. The molecule has 5 heteroatoms. The van der Waals surface area contributed by atoms with Gasteiger partial charge in [-0.05, 0) is 81.5 Å². The fourth-order valence-electron chi connectivity index (χ4n) is 9.55. The fraction of sp³-hybridized carbons (Fsp3) is 0. The summed E-state index contributed by atoms with van der Waals surface area (Å²) in [5, 5.41) is 12.0. The summed E-state index contributed by atoms with van der Waals surface area (Å²) in [5.41, 5.74) is 9.84. The molecule has 0 saturated carbocycles. The molecule has 13 rings (SSSR count). The first kappa shape index (κ1) is 34.5. The monoisotopic (exact) mass is 789 g/mol. The van der Waals surface area contributed by atoms with Crippen molar-refractivity contribution in [1.82, 2.24) is 24.1 Å². The van der Waals surface area contributed by atoms with Crippen LogP contribution in [0.15, 0.2) is 212 Å². The number of fused-ring (bicyclic) bond motifs is 10. The average molecular weight is 790 g/mol. The van der Waals surface area contributed by atoms with Crippen LogP contribution in [0.3, 0.4) is 0 Å². The van der Waals surface area contributed by atoms with E-state index in [9.17, 15) is 0 Å². The van der Waals surface area contributed by atoms with Crippen LogP contribution in [-0.2, 0) is 0 Å². The number of benzene rings is 10. The summed E-state index contributed by atoms with van der Waals surface area (Å²) >= 11 is 0. The minimum Gasteiger partial charge on any atom is -0.309 e. The molecule has 0 spiro atoms. The van der Waals surface area contributed by atoms with Gasteiger partial charge in [-0.25, -0.2) is 15.0 Å². The predicted molar refractivity (Wildman–Crippen MR) is 257 cm³/mol. The van der Waals surface area contributed by atoms with E-state index in [-0.39, 0.29) is 0 Å². The Hall–Kier alpha value is -8.41. The molecule has 62 heavy (non-hydrogen) atoms. The summed E-state index contributed by atoms with van der Waals surface area (Å²) in [6.45, 7) is 0. The van der Waals surface area contributed by atoms with Crippen molar-refractivity contribution in [3.8, 4) is 45.5 Å². The highest BCUT2D eigenvalue weighted by Crippen LogP contribution is 2.42. The zero-order chi connectivity index (χ0) is 40.7. The van der Waals surface area contributed by atoms with E-state index in [4.69, 9.17) is 15.0 Å². The van der Waals surface area contributed by atoms with Gasteiger partial charge in [-0.1, -0.05) is 158 Å². The first-order valence-electron chi connectivity index (χ1n) is 21.0. The normalized spacial score (nSPS) is 11.9. The van der Waals surface area contributed by atoms with Crippen molar-refractivity contribution in [3.05, 3.63) is 212 Å². The van der Waals surface area contributed by atoms with Crippen LogP contribution in [0.2, 0.25) is 0 Å².